The molecule has 0 spiro atoms. The van der Waals surface area contributed by atoms with Crippen LogP contribution in [0.15, 0.2) is 10.5 Å². The lowest BCUT2D eigenvalue weighted by atomic mass is 10.7. The third kappa shape index (κ3) is 4.06. The van der Waals surface area contributed by atoms with E-state index in [9.17, 15) is 4.79 Å². The van der Waals surface area contributed by atoms with Gasteiger partial charge >= 0.3 is 5.97 Å². The summed E-state index contributed by atoms with van der Waals surface area (Å²) in [5, 5.41) is 5.08. The lowest BCUT2D eigenvalue weighted by Crippen LogP contribution is -2.09. The fourth-order valence-electron chi connectivity index (χ4n) is 0.544. The van der Waals surface area contributed by atoms with Gasteiger partial charge < -0.3 is 15.3 Å². The summed E-state index contributed by atoms with van der Waals surface area (Å²) < 4.78 is 4.69. The second kappa shape index (κ2) is 6.17. The number of nitrogens with two attached hydrogens (primary N) is 1. The first-order chi connectivity index (χ1) is 6.22. The molecule has 14 heavy (non-hydrogen) atoms. The van der Waals surface area contributed by atoms with Crippen molar-refractivity contribution in [2.45, 2.75) is 0 Å². The van der Waals surface area contributed by atoms with E-state index in [0.717, 1.165) is 6.21 Å². The first kappa shape index (κ1) is 12.7. The Labute approximate surface area is 90.1 Å². The van der Waals surface area contributed by atoms with Crippen LogP contribution in [0.2, 0.25) is 0 Å². The molecule has 0 radical (unpaired) electrons. The van der Waals surface area contributed by atoms with Gasteiger partial charge in [-0.25, -0.2) is 4.79 Å². The predicted octanol–water partition coefficient (Wildman–Crippen LogP) is 0.685. The van der Waals surface area contributed by atoms with Crippen LogP contribution in [0.25, 0.3) is 0 Å². The number of anilines is 1. The summed E-state index contributed by atoms with van der Waals surface area (Å²) >= 11 is 1.18. The maximum Gasteiger partial charge on any atom is 0.359 e. The first-order valence-corrected chi connectivity index (χ1v) is 4.09. The maximum absolute atomic E-state index is 10.9. The van der Waals surface area contributed by atoms with E-state index >= 15 is 0 Å². The topological polar surface area (TPSA) is 86.8 Å². The molecule has 0 bridgehead atoms. The molecular weight excluding hydrogens is 230 g/mol. The van der Waals surface area contributed by atoms with Crippen molar-refractivity contribution in [3.63, 3.8) is 0 Å². The van der Waals surface area contributed by atoms with E-state index in [1.807, 2.05) is 0 Å². The average molecular weight is 238 g/mol. The standard InChI is InChI=1S/C6H7N3O3S.ClH/c1-11-8-2-5(10)12-4-3-13-6(7)9-4;/h2-3H,1H3,(H2,7,9);1H. The van der Waals surface area contributed by atoms with E-state index < -0.39 is 5.97 Å². The molecule has 0 saturated heterocycles. The van der Waals surface area contributed by atoms with Gasteiger partial charge in [0.2, 0.25) is 5.88 Å². The fraction of sp³-hybridized carbons (Fsp3) is 0.167. The molecule has 0 aromatic carbocycles. The van der Waals surface area contributed by atoms with Crippen LogP contribution in [0, 0.1) is 0 Å². The number of hydrogen-bond acceptors (Lipinski definition) is 7. The molecule has 0 atom stereocenters. The number of aromatic nitrogens is 1. The van der Waals surface area contributed by atoms with Crippen molar-refractivity contribution < 1.29 is 14.4 Å². The molecule has 0 saturated carbocycles. The Morgan fingerprint density at radius 2 is 2.50 bits per heavy atom. The molecule has 0 fully saturated rings. The Bertz CT molecular complexity index is 328. The summed E-state index contributed by atoms with van der Waals surface area (Å²) in [6.07, 6.45) is 0.898. The van der Waals surface area contributed by atoms with E-state index in [2.05, 4.69) is 19.7 Å². The van der Waals surface area contributed by atoms with E-state index in [1.54, 1.807) is 0 Å². The van der Waals surface area contributed by atoms with Crippen molar-refractivity contribution in [1.82, 2.24) is 4.98 Å². The molecule has 78 valence electrons. The number of carbonyl (C=O) groups is 1. The molecule has 0 aliphatic heterocycles. The van der Waals surface area contributed by atoms with Crippen molar-refractivity contribution in [3.05, 3.63) is 5.38 Å². The Morgan fingerprint density at radius 3 is 3.00 bits per heavy atom. The van der Waals surface area contributed by atoms with Gasteiger partial charge in [0.05, 0.1) is 5.38 Å². The van der Waals surface area contributed by atoms with Crippen LogP contribution in [0.1, 0.15) is 0 Å². The molecule has 2 N–H and O–H groups in total. The minimum Gasteiger partial charge on any atom is -0.402 e. The minimum absolute atomic E-state index is 0. The summed E-state index contributed by atoms with van der Waals surface area (Å²) in [5.74, 6) is -0.498. The third-order valence-electron chi connectivity index (χ3n) is 0.970. The quantitative estimate of drug-likeness (QED) is 0.475. The summed E-state index contributed by atoms with van der Waals surface area (Å²) in [4.78, 5) is 18.8. The van der Waals surface area contributed by atoms with E-state index in [1.165, 1.54) is 23.8 Å². The Balaban J connectivity index is 0.00000169. The summed E-state index contributed by atoms with van der Waals surface area (Å²) in [5.41, 5.74) is 5.31. The highest BCUT2D eigenvalue weighted by atomic mass is 35.5. The molecule has 1 heterocycles. The van der Waals surface area contributed by atoms with Crippen molar-refractivity contribution in [2.24, 2.45) is 5.16 Å². The van der Waals surface area contributed by atoms with Gasteiger partial charge in [0, 0.05) is 0 Å². The number of carbonyl (C=O) groups excluding carboxylic acids is 1. The molecule has 0 amide bonds. The maximum atomic E-state index is 10.9. The van der Waals surface area contributed by atoms with E-state index in [4.69, 9.17) is 5.73 Å². The van der Waals surface area contributed by atoms with Crippen LogP contribution in [-0.2, 0) is 9.63 Å². The number of hydrogen-bond donors (Lipinski definition) is 1. The average Bonchev–Trinajstić information content (AvgIpc) is 2.48. The Morgan fingerprint density at radius 1 is 1.79 bits per heavy atom. The number of thiazole rings is 1. The highest BCUT2D eigenvalue weighted by molar-refractivity contribution is 7.13. The summed E-state index contributed by atoms with van der Waals surface area (Å²) in [7, 11) is 1.32. The molecule has 0 unspecified atom stereocenters. The lowest BCUT2D eigenvalue weighted by molar-refractivity contribution is -0.126. The lowest BCUT2D eigenvalue weighted by Gasteiger charge is -1.92. The summed E-state index contributed by atoms with van der Waals surface area (Å²) in [6.45, 7) is 0. The largest absolute Gasteiger partial charge is 0.402 e. The normalized spacial score (nSPS) is 9.50. The molecule has 1 aromatic rings. The van der Waals surface area contributed by atoms with Gasteiger partial charge in [-0.2, -0.15) is 4.98 Å². The molecule has 1 rings (SSSR count). The van der Waals surface area contributed by atoms with Crippen LogP contribution in [0.3, 0.4) is 0 Å². The molecular formula is C6H8ClN3O3S. The predicted molar refractivity (Wildman–Crippen MR) is 54.9 cm³/mol. The van der Waals surface area contributed by atoms with Gasteiger partial charge in [-0.15, -0.1) is 23.7 Å². The Kier molecular flexibility index (Phi) is 5.58. The number of nitrogen functional groups attached to an aromatic ring is 1. The van der Waals surface area contributed by atoms with Crippen molar-refractivity contribution in [1.29, 1.82) is 0 Å². The number of ether oxygens (including phenoxy) is 1. The number of nitrogens with zero attached hydrogens (tertiary/aromatic N) is 2. The fourth-order valence-corrected chi connectivity index (χ4v) is 1.01. The van der Waals surface area contributed by atoms with E-state index in [0.29, 0.717) is 5.13 Å². The SMILES string of the molecule is CON=CC(=O)Oc1csc(N)n1.Cl. The van der Waals surface area contributed by atoms with Gasteiger partial charge in [-0.1, -0.05) is 5.16 Å². The number of rotatable bonds is 3. The van der Waals surface area contributed by atoms with Gasteiger partial charge in [-0.05, 0) is 0 Å². The molecule has 0 aliphatic rings. The van der Waals surface area contributed by atoms with Crippen LogP contribution < -0.4 is 10.5 Å². The van der Waals surface area contributed by atoms with Gasteiger partial charge in [0.15, 0.2) is 11.3 Å². The molecule has 0 aliphatic carbocycles. The van der Waals surface area contributed by atoms with Gasteiger partial charge in [0.25, 0.3) is 0 Å². The van der Waals surface area contributed by atoms with Crippen LogP contribution in [0.5, 0.6) is 5.88 Å². The van der Waals surface area contributed by atoms with E-state index in [-0.39, 0.29) is 18.3 Å². The van der Waals surface area contributed by atoms with Crippen molar-refractivity contribution in [2.75, 3.05) is 12.8 Å². The Hall–Kier alpha value is -1.34. The monoisotopic (exact) mass is 237 g/mol. The zero-order chi connectivity index (χ0) is 9.68. The second-order valence-electron chi connectivity index (χ2n) is 1.86. The summed E-state index contributed by atoms with van der Waals surface area (Å²) in [6, 6.07) is 0. The zero-order valence-electron chi connectivity index (χ0n) is 7.17. The van der Waals surface area contributed by atoms with Crippen LogP contribution in [-0.4, -0.2) is 24.3 Å². The highest BCUT2D eigenvalue weighted by Gasteiger charge is 2.04. The number of oxime groups is 1. The van der Waals surface area contributed by atoms with Gasteiger partial charge in [-0.3, -0.25) is 0 Å². The van der Waals surface area contributed by atoms with Crippen molar-refractivity contribution in [3.8, 4) is 5.88 Å². The number of esters is 1. The highest BCUT2D eigenvalue weighted by Crippen LogP contribution is 2.17. The minimum atomic E-state index is -0.660. The third-order valence-corrected chi connectivity index (χ3v) is 1.62. The van der Waals surface area contributed by atoms with Crippen LogP contribution >= 0.6 is 23.7 Å². The van der Waals surface area contributed by atoms with Crippen molar-refractivity contribution >= 4 is 41.1 Å². The molecule has 8 heteroatoms. The van der Waals surface area contributed by atoms with Gasteiger partial charge in [0.1, 0.15) is 7.11 Å². The first-order valence-electron chi connectivity index (χ1n) is 3.21. The zero-order valence-corrected chi connectivity index (χ0v) is 8.80. The number of halogens is 1. The smallest absolute Gasteiger partial charge is 0.359 e. The van der Waals surface area contributed by atoms with Crippen LogP contribution in [0.4, 0.5) is 5.13 Å². The second-order valence-corrected chi connectivity index (χ2v) is 2.75. The molecule has 1 aromatic heterocycles. The molecule has 6 nitrogen and oxygen atoms in total.